The lowest BCUT2D eigenvalue weighted by atomic mass is 9.84. The van der Waals surface area contributed by atoms with Gasteiger partial charge in [0.2, 0.25) is 0 Å². The van der Waals surface area contributed by atoms with E-state index < -0.39 is 23.8 Å². The van der Waals surface area contributed by atoms with Crippen LogP contribution in [0, 0.1) is 11.8 Å². The monoisotopic (exact) mass is 198 g/mol. The van der Waals surface area contributed by atoms with Gasteiger partial charge in [-0.3, -0.25) is 9.59 Å². The van der Waals surface area contributed by atoms with Crippen LogP contribution in [0.3, 0.4) is 0 Å². The van der Waals surface area contributed by atoms with Gasteiger partial charge < -0.3 is 9.84 Å². The summed E-state index contributed by atoms with van der Waals surface area (Å²) >= 11 is 0. The molecule has 1 aliphatic carbocycles. The first-order chi connectivity index (χ1) is 6.66. The Balaban J connectivity index is 2.71. The summed E-state index contributed by atoms with van der Waals surface area (Å²) in [5, 5.41) is 8.88. The molecule has 1 aliphatic rings. The van der Waals surface area contributed by atoms with Gasteiger partial charge in [0, 0.05) is 0 Å². The van der Waals surface area contributed by atoms with E-state index in [1.165, 1.54) is 0 Å². The van der Waals surface area contributed by atoms with Gasteiger partial charge in [0.05, 0.1) is 18.4 Å². The SMILES string of the molecule is CCOC(=O)C1C=CCCC1C(=O)O. The summed E-state index contributed by atoms with van der Waals surface area (Å²) in [6, 6.07) is 0. The number of carbonyl (C=O) groups is 2. The third-order valence-corrected chi connectivity index (χ3v) is 2.30. The van der Waals surface area contributed by atoms with E-state index in [0.717, 1.165) is 0 Å². The highest BCUT2D eigenvalue weighted by Gasteiger charge is 2.33. The van der Waals surface area contributed by atoms with Crippen molar-refractivity contribution in [2.24, 2.45) is 11.8 Å². The second-order valence-corrected chi connectivity index (χ2v) is 3.23. The van der Waals surface area contributed by atoms with Crippen molar-refractivity contribution in [2.75, 3.05) is 6.61 Å². The molecule has 0 bridgehead atoms. The Labute approximate surface area is 82.6 Å². The zero-order chi connectivity index (χ0) is 10.6. The van der Waals surface area contributed by atoms with Crippen LogP contribution in [0.1, 0.15) is 19.8 Å². The Morgan fingerprint density at radius 2 is 2.29 bits per heavy atom. The van der Waals surface area contributed by atoms with E-state index in [0.29, 0.717) is 12.8 Å². The van der Waals surface area contributed by atoms with E-state index in [1.807, 2.05) is 6.08 Å². The molecular weight excluding hydrogens is 184 g/mol. The number of carboxylic acid groups (broad SMARTS) is 1. The van der Waals surface area contributed by atoms with Gasteiger partial charge in [-0.2, -0.15) is 0 Å². The van der Waals surface area contributed by atoms with Crippen LogP contribution in [0.15, 0.2) is 12.2 Å². The molecular formula is C10H14O4. The number of hydrogen-bond acceptors (Lipinski definition) is 3. The highest BCUT2D eigenvalue weighted by molar-refractivity contribution is 5.83. The predicted molar refractivity (Wildman–Crippen MR) is 49.6 cm³/mol. The lowest BCUT2D eigenvalue weighted by molar-refractivity contribution is -0.155. The van der Waals surface area contributed by atoms with Crippen molar-refractivity contribution in [2.45, 2.75) is 19.8 Å². The summed E-state index contributed by atoms with van der Waals surface area (Å²) in [5.74, 6) is -2.59. The van der Waals surface area contributed by atoms with Crippen molar-refractivity contribution < 1.29 is 19.4 Å². The molecule has 0 aromatic rings. The molecule has 78 valence electrons. The maximum absolute atomic E-state index is 11.4. The minimum absolute atomic E-state index is 0.287. The molecule has 2 unspecified atom stereocenters. The molecule has 0 heterocycles. The van der Waals surface area contributed by atoms with Crippen LogP contribution in [0.4, 0.5) is 0 Å². The largest absolute Gasteiger partial charge is 0.481 e. The van der Waals surface area contributed by atoms with Crippen LogP contribution in [0.2, 0.25) is 0 Å². The third kappa shape index (κ3) is 2.34. The van der Waals surface area contributed by atoms with Crippen LogP contribution in [-0.4, -0.2) is 23.7 Å². The second kappa shape index (κ2) is 4.79. The minimum atomic E-state index is -0.924. The van der Waals surface area contributed by atoms with Gasteiger partial charge in [0.1, 0.15) is 0 Å². The lowest BCUT2D eigenvalue weighted by Crippen LogP contribution is -2.31. The molecule has 2 atom stereocenters. The second-order valence-electron chi connectivity index (χ2n) is 3.23. The normalized spacial score (nSPS) is 25.8. The number of rotatable bonds is 3. The van der Waals surface area contributed by atoms with Crippen molar-refractivity contribution in [1.82, 2.24) is 0 Å². The molecule has 0 fully saturated rings. The molecule has 14 heavy (non-hydrogen) atoms. The first kappa shape index (κ1) is 10.8. The van der Waals surface area contributed by atoms with E-state index in [2.05, 4.69) is 0 Å². The first-order valence-electron chi connectivity index (χ1n) is 4.73. The average Bonchev–Trinajstić information content (AvgIpc) is 2.18. The quantitative estimate of drug-likeness (QED) is 0.547. The van der Waals surface area contributed by atoms with Gasteiger partial charge in [-0.15, -0.1) is 0 Å². The molecule has 0 aliphatic heterocycles. The highest BCUT2D eigenvalue weighted by Crippen LogP contribution is 2.26. The molecule has 4 heteroatoms. The van der Waals surface area contributed by atoms with Gasteiger partial charge >= 0.3 is 11.9 Å². The molecule has 0 aromatic carbocycles. The van der Waals surface area contributed by atoms with Gasteiger partial charge in [0.25, 0.3) is 0 Å². The molecule has 0 amide bonds. The molecule has 0 saturated carbocycles. The number of carbonyl (C=O) groups excluding carboxylic acids is 1. The molecule has 1 rings (SSSR count). The minimum Gasteiger partial charge on any atom is -0.481 e. The maximum atomic E-state index is 11.4. The summed E-state index contributed by atoms with van der Waals surface area (Å²) < 4.78 is 4.81. The van der Waals surface area contributed by atoms with Gasteiger partial charge in [0.15, 0.2) is 0 Å². The van der Waals surface area contributed by atoms with Crippen LogP contribution in [0.5, 0.6) is 0 Å². The van der Waals surface area contributed by atoms with Gasteiger partial charge in [-0.1, -0.05) is 12.2 Å². The fourth-order valence-electron chi connectivity index (χ4n) is 1.59. The van der Waals surface area contributed by atoms with Crippen molar-refractivity contribution in [3.05, 3.63) is 12.2 Å². The van der Waals surface area contributed by atoms with Crippen molar-refractivity contribution in [3.63, 3.8) is 0 Å². The van der Waals surface area contributed by atoms with E-state index in [1.54, 1.807) is 13.0 Å². The summed E-state index contributed by atoms with van der Waals surface area (Å²) in [7, 11) is 0. The van der Waals surface area contributed by atoms with Crippen LogP contribution in [-0.2, 0) is 14.3 Å². The van der Waals surface area contributed by atoms with Crippen molar-refractivity contribution in [3.8, 4) is 0 Å². The first-order valence-corrected chi connectivity index (χ1v) is 4.73. The number of carboxylic acids is 1. The molecule has 0 saturated heterocycles. The number of hydrogen-bond donors (Lipinski definition) is 1. The van der Waals surface area contributed by atoms with Crippen LogP contribution >= 0.6 is 0 Å². The highest BCUT2D eigenvalue weighted by atomic mass is 16.5. The Hall–Kier alpha value is -1.32. The summed E-state index contributed by atoms with van der Waals surface area (Å²) in [4.78, 5) is 22.2. The Kier molecular flexibility index (Phi) is 3.68. The van der Waals surface area contributed by atoms with Gasteiger partial charge in [-0.05, 0) is 19.8 Å². The number of esters is 1. The van der Waals surface area contributed by atoms with E-state index in [-0.39, 0.29) is 6.61 Å². The molecule has 1 N–H and O–H groups in total. The van der Waals surface area contributed by atoms with E-state index in [9.17, 15) is 9.59 Å². The van der Waals surface area contributed by atoms with E-state index >= 15 is 0 Å². The fraction of sp³-hybridized carbons (Fsp3) is 0.600. The zero-order valence-corrected chi connectivity index (χ0v) is 8.10. The predicted octanol–water partition coefficient (Wildman–Crippen LogP) is 1.22. The zero-order valence-electron chi connectivity index (χ0n) is 8.10. The standard InChI is InChI=1S/C10H14O4/c1-2-14-10(13)8-6-4-3-5-7(8)9(11)12/h4,6-8H,2-3,5H2,1H3,(H,11,12). The summed E-state index contributed by atoms with van der Waals surface area (Å²) in [5.41, 5.74) is 0. The molecule has 0 radical (unpaired) electrons. The number of ether oxygens (including phenoxy) is 1. The Morgan fingerprint density at radius 1 is 1.57 bits per heavy atom. The smallest absolute Gasteiger partial charge is 0.313 e. The van der Waals surface area contributed by atoms with E-state index in [4.69, 9.17) is 9.84 Å². The lowest BCUT2D eigenvalue weighted by Gasteiger charge is -2.22. The molecule has 4 nitrogen and oxygen atoms in total. The van der Waals surface area contributed by atoms with Crippen LogP contribution in [0.25, 0.3) is 0 Å². The molecule has 0 spiro atoms. The van der Waals surface area contributed by atoms with Crippen LogP contribution < -0.4 is 0 Å². The Morgan fingerprint density at radius 3 is 2.86 bits per heavy atom. The average molecular weight is 198 g/mol. The fourth-order valence-corrected chi connectivity index (χ4v) is 1.59. The molecule has 0 aromatic heterocycles. The summed E-state index contributed by atoms with van der Waals surface area (Å²) in [6.07, 6.45) is 4.70. The van der Waals surface area contributed by atoms with Crippen molar-refractivity contribution in [1.29, 1.82) is 0 Å². The van der Waals surface area contributed by atoms with Crippen molar-refractivity contribution >= 4 is 11.9 Å². The Bertz CT molecular complexity index is 257. The number of allylic oxidation sites excluding steroid dienone is 1. The third-order valence-electron chi connectivity index (χ3n) is 2.30. The van der Waals surface area contributed by atoms with Gasteiger partial charge in [-0.25, -0.2) is 0 Å². The maximum Gasteiger partial charge on any atom is 0.313 e. The number of aliphatic carboxylic acids is 1. The summed E-state index contributed by atoms with van der Waals surface area (Å²) in [6.45, 7) is 2.00. The topological polar surface area (TPSA) is 63.6 Å².